The Labute approximate surface area is 130 Å². The molecule has 114 valence electrons. The molecule has 1 heterocycles. The molecule has 1 amide bonds. The Morgan fingerprint density at radius 1 is 1.62 bits per heavy atom. The van der Waals surface area contributed by atoms with Crippen molar-refractivity contribution in [3.05, 3.63) is 21.9 Å². The molecular formula is C16H22N2O2S. The molecule has 1 fully saturated rings. The molecule has 0 spiro atoms. The first kappa shape index (κ1) is 16.0. The van der Waals surface area contributed by atoms with Crippen LogP contribution in [0.2, 0.25) is 0 Å². The Hall–Kier alpha value is -1.35. The van der Waals surface area contributed by atoms with Crippen molar-refractivity contribution in [2.45, 2.75) is 25.8 Å². The van der Waals surface area contributed by atoms with Crippen molar-refractivity contribution in [3.63, 3.8) is 0 Å². The Bertz CT molecular complexity index is 540. The number of hydrogen-bond donors (Lipinski definition) is 1. The predicted molar refractivity (Wildman–Crippen MR) is 85.3 cm³/mol. The molecule has 1 unspecified atom stereocenters. The molecule has 4 nitrogen and oxygen atoms in total. The van der Waals surface area contributed by atoms with Gasteiger partial charge in [-0.3, -0.25) is 4.79 Å². The number of methoxy groups -OCH3 is 1. The van der Waals surface area contributed by atoms with Crippen molar-refractivity contribution in [2.75, 3.05) is 26.8 Å². The van der Waals surface area contributed by atoms with E-state index in [1.165, 1.54) is 24.2 Å². The molecule has 2 rings (SSSR count). The zero-order valence-corrected chi connectivity index (χ0v) is 13.4. The van der Waals surface area contributed by atoms with E-state index in [9.17, 15) is 4.79 Å². The molecule has 21 heavy (non-hydrogen) atoms. The maximum Gasteiger partial charge on any atom is 0.265 e. The lowest BCUT2D eigenvalue weighted by atomic mass is 10.1. The number of ether oxygens (including phenoxy) is 1. The third-order valence-electron chi connectivity index (χ3n) is 3.78. The Kier molecular flexibility index (Phi) is 5.80. The molecule has 0 bridgehead atoms. The fourth-order valence-electron chi connectivity index (χ4n) is 2.36. The molecule has 1 aliphatic carbocycles. The summed E-state index contributed by atoms with van der Waals surface area (Å²) < 4.78 is 5.15. The quantitative estimate of drug-likeness (QED) is 0.817. The van der Waals surface area contributed by atoms with Crippen LogP contribution in [0.25, 0.3) is 0 Å². The highest BCUT2D eigenvalue weighted by molar-refractivity contribution is 7.12. The zero-order valence-electron chi connectivity index (χ0n) is 12.6. The van der Waals surface area contributed by atoms with Gasteiger partial charge in [0.25, 0.3) is 5.91 Å². The van der Waals surface area contributed by atoms with Crippen LogP contribution in [0.5, 0.6) is 0 Å². The second-order valence-electron chi connectivity index (χ2n) is 5.24. The Morgan fingerprint density at radius 2 is 2.38 bits per heavy atom. The predicted octanol–water partition coefficient (Wildman–Crippen LogP) is 1.95. The molecule has 0 aliphatic heterocycles. The van der Waals surface area contributed by atoms with Gasteiger partial charge in [0.15, 0.2) is 0 Å². The first-order valence-corrected chi connectivity index (χ1v) is 8.13. The molecule has 1 aliphatic rings. The number of carbonyl (C=O) groups is 1. The van der Waals surface area contributed by atoms with Crippen LogP contribution < -0.4 is 5.73 Å². The molecule has 0 saturated heterocycles. The third kappa shape index (κ3) is 4.07. The van der Waals surface area contributed by atoms with Crippen LogP contribution in [-0.4, -0.2) is 43.7 Å². The minimum atomic E-state index is 0.0581. The summed E-state index contributed by atoms with van der Waals surface area (Å²) in [5, 5.41) is 1.91. The van der Waals surface area contributed by atoms with Gasteiger partial charge in [0.1, 0.15) is 4.88 Å². The second-order valence-corrected chi connectivity index (χ2v) is 6.15. The van der Waals surface area contributed by atoms with Gasteiger partial charge in [-0.05, 0) is 37.1 Å². The van der Waals surface area contributed by atoms with Crippen LogP contribution in [0.3, 0.4) is 0 Å². The number of amides is 1. The van der Waals surface area contributed by atoms with Crippen LogP contribution in [-0.2, 0) is 4.74 Å². The monoisotopic (exact) mass is 306 g/mol. The van der Waals surface area contributed by atoms with E-state index in [0.717, 1.165) is 5.56 Å². The smallest absolute Gasteiger partial charge is 0.265 e. The molecular weight excluding hydrogens is 284 g/mol. The molecule has 2 N–H and O–H groups in total. The lowest BCUT2D eigenvalue weighted by molar-refractivity contribution is 0.0599. The van der Waals surface area contributed by atoms with E-state index in [4.69, 9.17) is 10.5 Å². The van der Waals surface area contributed by atoms with Crippen molar-refractivity contribution in [1.29, 1.82) is 0 Å². The van der Waals surface area contributed by atoms with Gasteiger partial charge in [0, 0.05) is 25.3 Å². The highest BCUT2D eigenvalue weighted by atomic mass is 32.1. The first-order valence-electron chi connectivity index (χ1n) is 7.25. The Morgan fingerprint density at radius 3 is 3.00 bits per heavy atom. The molecule has 5 heteroatoms. The van der Waals surface area contributed by atoms with E-state index < -0.39 is 0 Å². The van der Waals surface area contributed by atoms with Crippen molar-refractivity contribution < 1.29 is 9.53 Å². The van der Waals surface area contributed by atoms with E-state index in [2.05, 4.69) is 18.8 Å². The third-order valence-corrected chi connectivity index (χ3v) is 4.68. The van der Waals surface area contributed by atoms with Gasteiger partial charge in [0.05, 0.1) is 13.2 Å². The van der Waals surface area contributed by atoms with Crippen molar-refractivity contribution in [1.82, 2.24) is 4.90 Å². The number of nitrogens with two attached hydrogens (primary N) is 1. The van der Waals surface area contributed by atoms with E-state index in [-0.39, 0.29) is 11.9 Å². The van der Waals surface area contributed by atoms with E-state index in [0.29, 0.717) is 30.5 Å². The fraction of sp³-hybridized carbons (Fsp3) is 0.562. The average Bonchev–Trinajstić information content (AvgIpc) is 3.23. The standard InChI is InChI=1S/C16H22N2O2S/c1-12(13-5-6-13)18(9-10-20-2)16(19)15-14(4-3-8-17)7-11-21-15/h7,11-13H,5-6,8-10,17H2,1-2H3. The van der Waals surface area contributed by atoms with Crippen molar-refractivity contribution >= 4 is 17.2 Å². The second kappa shape index (κ2) is 7.60. The normalized spacial score (nSPS) is 15.2. The van der Waals surface area contributed by atoms with E-state index >= 15 is 0 Å². The summed E-state index contributed by atoms with van der Waals surface area (Å²) in [7, 11) is 1.66. The summed E-state index contributed by atoms with van der Waals surface area (Å²) in [5.74, 6) is 6.49. The summed E-state index contributed by atoms with van der Waals surface area (Å²) in [6.07, 6.45) is 2.42. The van der Waals surface area contributed by atoms with Crippen LogP contribution in [0.1, 0.15) is 35.0 Å². The summed E-state index contributed by atoms with van der Waals surface area (Å²) in [6.45, 7) is 3.60. The van der Waals surface area contributed by atoms with E-state index in [1.54, 1.807) is 7.11 Å². The molecule has 1 aromatic heterocycles. The number of rotatable bonds is 6. The number of hydrogen-bond acceptors (Lipinski definition) is 4. The maximum absolute atomic E-state index is 12.9. The maximum atomic E-state index is 12.9. The number of nitrogens with zero attached hydrogens (tertiary/aromatic N) is 1. The molecule has 1 atom stereocenters. The molecule has 0 aromatic carbocycles. The highest BCUT2D eigenvalue weighted by Crippen LogP contribution is 2.36. The van der Waals surface area contributed by atoms with Crippen LogP contribution in [0, 0.1) is 17.8 Å². The van der Waals surface area contributed by atoms with Crippen LogP contribution in [0.15, 0.2) is 11.4 Å². The number of thiophene rings is 1. The van der Waals surface area contributed by atoms with Gasteiger partial charge in [-0.2, -0.15) is 0 Å². The van der Waals surface area contributed by atoms with Crippen LogP contribution >= 0.6 is 11.3 Å². The Balaban J connectivity index is 2.18. The van der Waals surface area contributed by atoms with Crippen LogP contribution in [0.4, 0.5) is 0 Å². The summed E-state index contributed by atoms with van der Waals surface area (Å²) >= 11 is 1.44. The summed E-state index contributed by atoms with van der Waals surface area (Å²) in [4.78, 5) is 15.5. The van der Waals surface area contributed by atoms with Gasteiger partial charge in [-0.15, -0.1) is 11.3 Å². The average molecular weight is 306 g/mol. The minimum absolute atomic E-state index is 0.0581. The summed E-state index contributed by atoms with van der Waals surface area (Å²) in [5.41, 5.74) is 6.19. The van der Waals surface area contributed by atoms with Gasteiger partial charge in [0.2, 0.25) is 0 Å². The van der Waals surface area contributed by atoms with Gasteiger partial charge in [-0.25, -0.2) is 0 Å². The number of carbonyl (C=O) groups excluding carboxylic acids is 1. The molecule has 0 radical (unpaired) electrons. The molecule has 1 aromatic rings. The fourth-order valence-corrected chi connectivity index (χ4v) is 3.17. The van der Waals surface area contributed by atoms with E-state index in [1.807, 2.05) is 16.3 Å². The highest BCUT2D eigenvalue weighted by Gasteiger charge is 2.35. The molecule has 1 saturated carbocycles. The van der Waals surface area contributed by atoms with Gasteiger partial charge >= 0.3 is 0 Å². The van der Waals surface area contributed by atoms with Crippen molar-refractivity contribution in [2.24, 2.45) is 11.7 Å². The minimum Gasteiger partial charge on any atom is -0.383 e. The largest absolute Gasteiger partial charge is 0.383 e. The lowest BCUT2D eigenvalue weighted by Crippen LogP contribution is -2.41. The SMILES string of the molecule is COCCN(C(=O)c1sccc1C#CCN)C(C)C1CC1. The first-order chi connectivity index (χ1) is 10.2. The van der Waals surface area contributed by atoms with Gasteiger partial charge < -0.3 is 15.4 Å². The zero-order chi connectivity index (χ0) is 15.2. The topological polar surface area (TPSA) is 55.6 Å². The van der Waals surface area contributed by atoms with Crippen molar-refractivity contribution in [3.8, 4) is 11.8 Å². The van der Waals surface area contributed by atoms with Gasteiger partial charge in [-0.1, -0.05) is 11.8 Å². The lowest BCUT2D eigenvalue weighted by Gasteiger charge is -2.29. The summed E-state index contributed by atoms with van der Waals surface area (Å²) in [6, 6.07) is 2.14.